The summed E-state index contributed by atoms with van der Waals surface area (Å²) in [5.74, 6) is 0. The number of hydrogen-bond acceptors (Lipinski definition) is 5. The minimum absolute atomic E-state index is 0.626. The fraction of sp³-hybridized carbons (Fsp3) is 0.769. The highest BCUT2D eigenvalue weighted by Gasteiger charge is 2.25. The van der Waals surface area contributed by atoms with Crippen LogP contribution in [-0.2, 0) is 13.0 Å². The summed E-state index contributed by atoms with van der Waals surface area (Å²) >= 11 is 3.87. The highest BCUT2D eigenvalue weighted by molar-refractivity contribution is 8.00. The first-order valence-electron chi connectivity index (χ1n) is 6.73. The third-order valence-electron chi connectivity index (χ3n) is 3.13. The van der Waals surface area contributed by atoms with Crippen molar-refractivity contribution in [2.24, 2.45) is 5.73 Å². The minimum Gasteiger partial charge on any atom is -0.346 e. The van der Waals surface area contributed by atoms with E-state index >= 15 is 0 Å². The van der Waals surface area contributed by atoms with Crippen LogP contribution in [0.4, 0.5) is 5.13 Å². The molecule has 0 spiro atoms. The number of anilines is 1. The number of hydrogen-bond donors (Lipinski definition) is 1. The van der Waals surface area contributed by atoms with Gasteiger partial charge in [0.2, 0.25) is 0 Å². The highest BCUT2D eigenvalue weighted by atomic mass is 32.2. The van der Waals surface area contributed by atoms with E-state index < -0.39 is 0 Å². The van der Waals surface area contributed by atoms with Gasteiger partial charge >= 0.3 is 0 Å². The molecule has 0 amide bonds. The van der Waals surface area contributed by atoms with Gasteiger partial charge in [0.15, 0.2) is 5.13 Å². The van der Waals surface area contributed by atoms with Crippen molar-refractivity contribution in [1.82, 2.24) is 4.98 Å². The van der Waals surface area contributed by atoms with Crippen LogP contribution >= 0.6 is 23.1 Å². The zero-order valence-electron chi connectivity index (χ0n) is 11.5. The van der Waals surface area contributed by atoms with Crippen molar-refractivity contribution in [3.05, 3.63) is 10.6 Å². The van der Waals surface area contributed by atoms with Crippen molar-refractivity contribution >= 4 is 28.2 Å². The molecule has 2 rings (SSSR count). The van der Waals surface area contributed by atoms with Gasteiger partial charge in [-0.1, -0.05) is 27.2 Å². The summed E-state index contributed by atoms with van der Waals surface area (Å²) in [7, 11) is 0. The van der Waals surface area contributed by atoms with E-state index in [0.717, 1.165) is 25.9 Å². The third-order valence-corrected chi connectivity index (χ3v) is 5.54. The molecule has 0 radical (unpaired) electrons. The molecule has 1 fully saturated rings. The summed E-state index contributed by atoms with van der Waals surface area (Å²) in [6.07, 6.45) is 2.19. The van der Waals surface area contributed by atoms with Crippen LogP contribution in [-0.4, -0.2) is 28.6 Å². The molecule has 5 heteroatoms. The van der Waals surface area contributed by atoms with Crippen LogP contribution in [0.1, 0.15) is 37.8 Å². The first-order valence-corrected chi connectivity index (χ1v) is 8.49. The fourth-order valence-electron chi connectivity index (χ4n) is 2.43. The number of nitrogens with zero attached hydrogens (tertiary/aromatic N) is 2. The van der Waals surface area contributed by atoms with Crippen molar-refractivity contribution in [3.63, 3.8) is 0 Å². The SMILES string of the molecule is CCCc1nc(N2CC(C)SC(C)C2)sc1CN. The topological polar surface area (TPSA) is 42.2 Å². The second-order valence-electron chi connectivity index (χ2n) is 4.98. The highest BCUT2D eigenvalue weighted by Crippen LogP contribution is 2.32. The van der Waals surface area contributed by atoms with E-state index in [4.69, 9.17) is 10.7 Å². The maximum absolute atomic E-state index is 5.83. The largest absolute Gasteiger partial charge is 0.346 e. The molecule has 2 heterocycles. The Morgan fingerprint density at radius 2 is 2.00 bits per heavy atom. The minimum atomic E-state index is 0.626. The molecule has 2 N–H and O–H groups in total. The van der Waals surface area contributed by atoms with Crippen molar-refractivity contribution in [1.29, 1.82) is 0 Å². The lowest BCUT2D eigenvalue weighted by Gasteiger charge is -2.34. The number of nitrogens with two attached hydrogens (primary N) is 1. The Bertz CT molecular complexity index is 382. The second kappa shape index (κ2) is 6.26. The van der Waals surface area contributed by atoms with E-state index in [0.29, 0.717) is 17.0 Å². The van der Waals surface area contributed by atoms with Gasteiger partial charge in [-0.25, -0.2) is 4.98 Å². The maximum Gasteiger partial charge on any atom is 0.185 e. The van der Waals surface area contributed by atoms with Gasteiger partial charge in [-0.15, -0.1) is 11.3 Å². The molecule has 0 saturated carbocycles. The van der Waals surface area contributed by atoms with Gasteiger partial charge in [-0.3, -0.25) is 0 Å². The standard InChI is InChI=1S/C13H23N3S2/c1-4-5-11-12(6-14)18-13(15-11)16-7-9(2)17-10(3)8-16/h9-10H,4-8,14H2,1-3H3. The van der Waals surface area contributed by atoms with E-state index in [9.17, 15) is 0 Å². The summed E-state index contributed by atoms with van der Waals surface area (Å²) in [5.41, 5.74) is 7.05. The molecule has 102 valence electrons. The van der Waals surface area contributed by atoms with Gasteiger partial charge in [-0.2, -0.15) is 11.8 Å². The molecule has 2 unspecified atom stereocenters. The van der Waals surface area contributed by atoms with E-state index in [2.05, 4.69) is 37.4 Å². The molecule has 0 aromatic carbocycles. The zero-order chi connectivity index (χ0) is 13.1. The number of rotatable bonds is 4. The first kappa shape index (κ1) is 14.2. The normalized spacial score (nSPS) is 24.6. The predicted molar refractivity (Wildman–Crippen MR) is 82.7 cm³/mol. The number of aryl methyl sites for hydroxylation is 1. The van der Waals surface area contributed by atoms with E-state index in [1.807, 2.05) is 0 Å². The monoisotopic (exact) mass is 285 g/mol. The maximum atomic E-state index is 5.83. The van der Waals surface area contributed by atoms with E-state index in [1.54, 1.807) is 11.3 Å². The fourth-order valence-corrected chi connectivity index (χ4v) is 4.76. The number of thiazole rings is 1. The lowest BCUT2D eigenvalue weighted by atomic mass is 10.2. The zero-order valence-corrected chi connectivity index (χ0v) is 13.1. The number of aromatic nitrogens is 1. The number of thioether (sulfide) groups is 1. The average Bonchev–Trinajstić information content (AvgIpc) is 2.71. The van der Waals surface area contributed by atoms with Crippen LogP contribution in [0.25, 0.3) is 0 Å². The third kappa shape index (κ3) is 3.19. The predicted octanol–water partition coefficient (Wildman–Crippen LogP) is 2.88. The molecule has 1 aliphatic heterocycles. The Balaban J connectivity index is 2.17. The molecule has 1 aromatic heterocycles. The molecule has 0 bridgehead atoms. The van der Waals surface area contributed by atoms with Crippen LogP contribution in [0.5, 0.6) is 0 Å². The molecule has 3 nitrogen and oxygen atoms in total. The van der Waals surface area contributed by atoms with Gasteiger partial charge in [0.1, 0.15) is 0 Å². The summed E-state index contributed by atoms with van der Waals surface area (Å²) in [5, 5.41) is 2.56. The molecule has 1 aromatic rings. The summed E-state index contributed by atoms with van der Waals surface area (Å²) in [6.45, 7) is 9.65. The smallest absolute Gasteiger partial charge is 0.185 e. The molecular formula is C13H23N3S2. The molecule has 1 aliphatic rings. The van der Waals surface area contributed by atoms with Crippen molar-refractivity contribution in [3.8, 4) is 0 Å². The van der Waals surface area contributed by atoms with Gasteiger partial charge in [0.05, 0.1) is 5.69 Å². The molecule has 18 heavy (non-hydrogen) atoms. The van der Waals surface area contributed by atoms with Crippen LogP contribution in [0.2, 0.25) is 0 Å². The van der Waals surface area contributed by atoms with Gasteiger partial charge in [-0.05, 0) is 6.42 Å². The van der Waals surface area contributed by atoms with Crippen LogP contribution in [0.3, 0.4) is 0 Å². The molecule has 0 aliphatic carbocycles. The Morgan fingerprint density at radius 1 is 1.33 bits per heavy atom. The molecule has 1 saturated heterocycles. The van der Waals surface area contributed by atoms with Crippen molar-refractivity contribution < 1.29 is 0 Å². The Labute approximate surface area is 118 Å². The average molecular weight is 285 g/mol. The van der Waals surface area contributed by atoms with Gasteiger partial charge in [0.25, 0.3) is 0 Å². The van der Waals surface area contributed by atoms with Gasteiger partial charge < -0.3 is 10.6 Å². The second-order valence-corrected chi connectivity index (χ2v) is 7.93. The van der Waals surface area contributed by atoms with Crippen LogP contribution < -0.4 is 10.6 Å². The van der Waals surface area contributed by atoms with E-state index in [-0.39, 0.29) is 0 Å². The molecular weight excluding hydrogens is 262 g/mol. The molecule has 2 atom stereocenters. The summed E-state index contributed by atoms with van der Waals surface area (Å²) in [4.78, 5) is 8.53. The quantitative estimate of drug-likeness (QED) is 0.923. The van der Waals surface area contributed by atoms with Crippen LogP contribution in [0.15, 0.2) is 0 Å². The summed E-state index contributed by atoms with van der Waals surface area (Å²) in [6, 6.07) is 0. The summed E-state index contributed by atoms with van der Waals surface area (Å²) < 4.78 is 0. The lowest BCUT2D eigenvalue weighted by Crippen LogP contribution is -2.40. The first-order chi connectivity index (χ1) is 8.63. The Morgan fingerprint density at radius 3 is 2.56 bits per heavy atom. The van der Waals surface area contributed by atoms with Crippen molar-refractivity contribution in [2.75, 3.05) is 18.0 Å². The van der Waals surface area contributed by atoms with Crippen molar-refractivity contribution in [2.45, 2.75) is 50.7 Å². The van der Waals surface area contributed by atoms with E-state index in [1.165, 1.54) is 15.7 Å². The Hall–Kier alpha value is -0.260. The van der Waals surface area contributed by atoms with Crippen LogP contribution in [0, 0.1) is 0 Å². The van der Waals surface area contributed by atoms with Gasteiger partial charge in [0, 0.05) is 35.0 Å². The lowest BCUT2D eigenvalue weighted by molar-refractivity contribution is 0.723. The Kier molecular flexibility index (Phi) is 4.92.